The standard InChI is InChI=1S/C29H29NO4/c1-17(2)34-26-11-10-20(15-27(26)33-3)22-13-24-29(25(31)14-22)23(16-28(32)30-24)21-9-8-18-6-4-5-7-19(18)12-21/h4-12,15,17,22-23H,13-14,16H2,1-3H3,(H,30,32). The van der Waals surface area contributed by atoms with Crippen molar-refractivity contribution >= 4 is 22.5 Å². The van der Waals surface area contributed by atoms with Crippen LogP contribution in [0.3, 0.4) is 0 Å². The molecule has 1 aliphatic heterocycles. The van der Waals surface area contributed by atoms with Crippen LogP contribution in [0.4, 0.5) is 0 Å². The first-order valence-corrected chi connectivity index (χ1v) is 11.8. The molecule has 0 saturated heterocycles. The average molecular weight is 456 g/mol. The molecule has 0 bridgehead atoms. The van der Waals surface area contributed by atoms with E-state index in [-0.39, 0.29) is 29.6 Å². The summed E-state index contributed by atoms with van der Waals surface area (Å²) in [6.07, 6.45) is 1.35. The summed E-state index contributed by atoms with van der Waals surface area (Å²) in [7, 11) is 1.62. The molecule has 1 heterocycles. The maximum Gasteiger partial charge on any atom is 0.225 e. The van der Waals surface area contributed by atoms with Crippen LogP contribution in [-0.4, -0.2) is 24.9 Å². The molecule has 0 saturated carbocycles. The summed E-state index contributed by atoms with van der Waals surface area (Å²) in [5.74, 6) is 1.17. The lowest BCUT2D eigenvalue weighted by molar-refractivity contribution is -0.122. The highest BCUT2D eigenvalue weighted by Crippen LogP contribution is 2.44. The first-order valence-electron chi connectivity index (χ1n) is 11.8. The number of carbonyl (C=O) groups is 2. The Kier molecular flexibility index (Phi) is 5.86. The van der Waals surface area contributed by atoms with Gasteiger partial charge >= 0.3 is 0 Å². The maximum atomic E-state index is 13.5. The van der Waals surface area contributed by atoms with Gasteiger partial charge in [0.05, 0.1) is 13.2 Å². The molecule has 3 aromatic rings. The van der Waals surface area contributed by atoms with Crippen molar-refractivity contribution in [2.24, 2.45) is 0 Å². The maximum absolute atomic E-state index is 13.5. The minimum absolute atomic E-state index is 0.0242. The van der Waals surface area contributed by atoms with Crippen molar-refractivity contribution in [1.82, 2.24) is 5.32 Å². The van der Waals surface area contributed by atoms with E-state index in [9.17, 15) is 9.59 Å². The number of benzene rings is 3. The van der Waals surface area contributed by atoms with E-state index < -0.39 is 0 Å². The second-order valence-electron chi connectivity index (χ2n) is 9.41. The largest absolute Gasteiger partial charge is 0.493 e. The summed E-state index contributed by atoms with van der Waals surface area (Å²) in [5, 5.41) is 5.28. The molecule has 5 heteroatoms. The summed E-state index contributed by atoms with van der Waals surface area (Å²) < 4.78 is 11.4. The molecule has 0 aromatic heterocycles. The Morgan fingerprint density at radius 1 is 0.853 bits per heavy atom. The van der Waals surface area contributed by atoms with Gasteiger partial charge in [0.15, 0.2) is 17.3 Å². The van der Waals surface area contributed by atoms with Gasteiger partial charge in [0.2, 0.25) is 5.91 Å². The Balaban J connectivity index is 1.48. The third-order valence-electron chi connectivity index (χ3n) is 6.73. The van der Waals surface area contributed by atoms with Crippen molar-refractivity contribution in [3.63, 3.8) is 0 Å². The topological polar surface area (TPSA) is 64.6 Å². The number of carbonyl (C=O) groups excluding carboxylic acids is 2. The smallest absolute Gasteiger partial charge is 0.225 e. The number of methoxy groups -OCH3 is 1. The zero-order valence-corrected chi connectivity index (χ0v) is 19.8. The number of hydrogen-bond acceptors (Lipinski definition) is 4. The summed E-state index contributed by atoms with van der Waals surface area (Å²) in [5.41, 5.74) is 3.55. The Bertz CT molecular complexity index is 1310. The number of hydrogen-bond donors (Lipinski definition) is 1. The van der Waals surface area contributed by atoms with Crippen LogP contribution < -0.4 is 14.8 Å². The first-order chi connectivity index (χ1) is 16.4. The van der Waals surface area contributed by atoms with Crippen molar-refractivity contribution in [1.29, 1.82) is 0 Å². The zero-order chi connectivity index (χ0) is 23.8. The molecule has 5 rings (SSSR count). The van der Waals surface area contributed by atoms with Gasteiger partial charge in [0.25, 0.3) is 0 Å². The molecular weight excluding hydrogens is 426 g/mol. The van der Waals surface area contributed by atoms with Gasteiger partial charge in [-0.25, -0.2) is 0 Å². The predicted octanol–water partition coefficient (Wildman–Crippen LogP) is 5.64. The number of nitrogens with one attached hydrogen (secondary N) is 1. The van der Waals surface area contributed by atoms with Gasteiger partial charge in [-0.2, -0.15) is 0 Å². The highest BCUT2D eigenvalue weighted by atomic mass is 16.5. The quantitative estimate of drug-likeness (QED) is 0.541. The van der Waals surface area contributed by atoms with E-state index in [0.29, 0.717) is 30.8 Å². The van der Waals surface area contributed by atoms with Gasteiger partial charge in [-0.3, -0.25) is 9.59 Å². The minimum Gasteiger partial charge on any atom is -0.493 e. The molecule has 174 valence electrons. The van der Waals surface area contributed by atoms with E-state index in [4.69, 9.17) is 9.47 Å². The van der Waals surface area contributed by atoms with Crippen LogP contribution in [0.1, 0.15) is 56.1 Å². The summed E-state index contributed by atoms with van der Waals surface area (Å²) >= 11 is 0. The third kappa shape index (κ3) is 4.18. The van der Waals surface area contributed by atoms with Gasteiger partial charge in [0, 0.05) is 30.0 Å². The molecule has 34 heavy (non-hydrogen) atoms. The second-order valence-corrected chi connectivity index (χ2v) is 9.41. The normalized spacial score (nSPS) is 20.4. The highest BCUT2D eigenvalue weighted by Gasteiger charge is 2.38. The van der Waals surface area contributed by atoms with Gasteiger partial charge in [-0.1, -0.05) is 48.5 Å². The van der Waals surface area contributed by atoms with Crippen molar-refractivity contribution in [3.8, 4) is 11.5 Å². The zero-order valence-electron chi connectivity index (χ0n) is 19.8. The molecule has 2 atom stereocenters. The molecule has 1 amide bonds. The lowest BCUT2D eigenvalue weighted by Gasteiger charge is -2.34. The number of ether oxygens (including phenoxy) is 2. The molecule has 0 spiro atoms. The molecule has 1 N–H and O–H groups in total. The number of fused-ring (bicyclic) bond motifs is 1. The van der Waals surface area contributed by atoms with E-state index in [2.05, 4.69) is 29.6 Å². The van der Waals surface area contributed by atoms with Gasteiger partial charge in [-0.05, 0) is 60.2 Å². The molecular formula is C29H29NO4. The van der Waals surface area contributed by atoms with Crippen LogP contribution in [0.25, 0.3) is 10.8 Å². The van der Waals surface area contributed by atoms with Gasteiger partial charge < -0.3 is 14.8 Å². The number of Topliss-reactive ketones (excluding diaryl/α,β-unsaturated/α-hetero) is 1. The Morgan fingerprint density at radius 2 is 1.62 bits per heavy atom. The molecule has 5 nitrogen and oxygen atoms in total. The van der Waals surface area contributed by atoms with E-state index in [1.807, 2.05) is 50.2 Å². The van der Waals surface area contributed by atoms with E-state index >= 15 is 0 Å². The van der Waals surface area contributed by atoms with Crippen LogP contribution in [0.5, 0.6) is 11.5 Å². The predicted molar refractivity (Wildman–Crippen MR) is 132 cm³/mol. The van der Waals surface area contributed by atoms with Crippen molar-refractivity contribution in [2.75, 3.05) is 7.11 Å². The van der Waals surface area contributed by atoms with Crippen LogP contribution in [-0.2, 0) is 9.59 Å². The molecule has 2 aliphatic rings. The molecule has 1 aliphatic carbocycles. The number of amides is 1. The number of rotatable bonds is 5. The van der Waals surface area contributed by atoms with E-state index in [1.54, 1.807) is 7.11 Å². The fraction of sp³-hybridized carbons (Fsp3) is 0.310. The fourth-order valence-corrected chi connectivity index (χ4v) is 5.19. The molecule has 2 unspecified atom stereocenters. The summed E-state index contributed by atoms with van der Waals surface area (Å²) in [6, 6.07) is 20.2. The van der Waals surface area contributed by atoms with Crippen LogP contribution in [0.2, 0.25) is 0 Å². The minimum atomic E-state index is -0.210. The van der Waals surface area contributed by atoms with Crippen molar-refractivity contribution in [3.05, 3.63) is 83.1 Å². The lowest BCUT2D eigenvalue weighted by atomic mass is 9.73. The monoisotopic (exact) mass is 455 g/mol. The van der Waals surface area contributed by atoms with Gasteiger partial charge in [0.1, 0.15) is 0 Å². The van der Waals surface area contributed by atoms with Crippen molar-refractivity contribution < 1.29 is 19.1 Å². The SMILES string of the molecule is COc1cc(C2CC(=O)C3=C(C2)NC(=O)CC3c2ccc3ccccc3c2)ccc1OC(C)C. The van der Waals surface area contributed by atoms with E-state index in [1.165, 1.54) is 0 Å². The Hall–Kier alpha value is -3.60. The summed E-state index contributed by atoms with van der Waals surface area (Å²) in [4.78, 5) is 26.1. The van der Waals surface area contributed by atoms with Crippen LogP contribution in [0, 0.1) is 0 Å². The fourth-order valence-electron chi connectivity index (χ4n) is 5.19. The first kappa shape index (κ1) is 22.2. The molecule has 3 aromatic carbocycles. The van der Waals surface area contributed by atoms with Crippen LogP contribution in [0.15, 0.2) is 71.9 Å². The van der Waals surface area contributed by atoms with Crippen LogP contribution >= 0.6 is 0 Å². The number of allylic oxidation sites excluding steroid dienone is 2. The van der Waals surface area contributed by atoms with Gasteiger partial charge in [-0.15, -0.1) is 0 Å². The molecule has 0 radical (unpaired) electrons. The Labute approximate surface area is 199 Å². The number of ketones is 1. The van der Waals surface area contributed by atoms with E-state index in [0.717, 1.165) is 33.2 Å². The lowest BCUT2D eigenvalue weighted by Crippen LogP contribution is -2.38. The Morgan fingerprint density at radius 3 is 2.38 bits per heavy atom. The van der Waals surface area contributed by atoms with Crippen molar-refractivity contribution in [2.45, 2.75) is 51.0 Å². The summed E-state index contributed by atoms with van der Waals surface area (Å²) in [6.45, 7) is 3.94. The second kappa shape index (κ2) is 8.98. The highest BCUT2D eigenvalue weighted by molar-refractivity contribution is 6.02. The average Bonchev–Trinajstić information content (AvgIpc) is 2.82. The third-order valence-corrected chi connectivity index (χ3v) is 6.73. The molecule has 0 fully saturated rings.